The molecule has 5 heteroatoms. The van der Waals surface area contributed by atoms with E-state index in [1.807, 2.05) is 6.92 Å². The zero-order valence-corrected chi connectivity index (χ0v) is 12.5. The molecule has 2 atom stereocenters. The van der Waals surface area contributed by atoms with Gasteiger partial charge in [0.1, 0.15) is 0 Å². The summed E-state index contributed by atoms with van der Waals surface area (Å²) in [6.07, 6.45) is 5.52. The van der Waals surface area contributed by atoms with Crippen molar-refractivity contribution in [2.45, 2.75) is 57.5 Å². The number of nitrogens with two attached hydrogens (primary N) is 2. The highest BCUT2D eigenvalue weighted by Crippen LogP contribution is 2.37. The molecule has 3 rings (SSSR count). The van der Waals surface area contributed by atoms with Crippen LogP contribution in [0.4, 0.5) is 0 Å². The van der Waals surface area contributed by atoms with Gasteiger partial charge < -0.3 is 16.2 Å². The minimum absolute atomic E-state index is 0.0960. The number of rotatable bonds is 2. The number of pyridine rings is 1. The van der Waals surface area contributed by atoms with Gasteiger partial charge in [0.05, 0.1) is 23.6 Å². The van der Waals surface area contributed by atoms with Gasteiger partial charge in [0.2, 0.25) is 0 Å². The highest BCUT2D eigenvalue weighted by molar-refractivity contribution is 5.93. The molecule has 0 saturated heterocycles. The van der Waals surface area contributed by atoms with Crippen LogP contribution in [0, 0.1) is 0 Å². The molecule has 114 valence electrons. The lowest BCUT2D eigenvalue weighted by molar-refractivity contribution is 0.0522. The largest absolute Gasteiger partial charge is 0.462 e. The quantitative estimate of drug-likeness (QED) is 0.812. The molecule has 0 radical (unpaired) electrons. The highest BCUT2D eigenvalue weighted by atomic mass is 16.5. The molecule has 0 bridgehead atoms. The number of aromatic nitrogens is 1. The maximum absolute atomic E-state index is 12.5. The van der Waals surface area contributed by atoms with Gasteiger partial charge in [-0.3, -0.25) is 4.98 Å². The third-order valence-electron chi connectivity index (χ3n) is 4.53. The Morgan fingerprint density at radius 3 is 2.14 bits per heavy atom. The fraction of sp³-hybridized carbons (Fsp3) is 0.625. The summed E-state index contributed by atoms with van der Waals surface area (Å²) in [6, 6.07) is -0.192. The molecule has 21 heavy (non-hydrogen) atoms. The first-order valence-electron chi connectivity index (χ1n) is 7.87. The van der Waals surface area contributed by atoms with Gasteiger partial charge in [-0.25, -0.2) is 4.79 Å². The van der Waals surface area contributed by atoms with Crippen LogP contribution in [0.25, 0.3) is 0 Å². The normalized spacial score (nSPS) is 24.1. The Morgan fingerprint density at radius 2 is 1.67 bits per heavy atom. The van der Waals surface area contributed by atoms with E-state index < -0.39 is 0 Å². The molecule has 4 N–H and O–H groups in total. The summed E-state index contributed by atoms with van der Waals surface area (Å²) >= 11 is 0. The molecule has 1 aromatic rings. The highest BCUT2D eigenvalue weighted by Gasteiger charge is 2.32. The number of carbonyl (C=O) groups is 1. The maximum atomic E-state index is 12.5. The Morgan fingerprint density at radius 1 is 1.14 bits per heavy atom. The van der Waals surface area contributed by atoms with Gasteiger partial charge in [-0.15, -0.1) is 0 Å². The van der Waals surface area contributed by atoms with Crippen LogP contribution in [0.2, 0.25) is 0 Å². The molecule has 0 fully saturated rings. The molecule has 1 heterocycles. The van der Waals surface area contributed by atoms with E-state index >= 15 is 0 Å². The predicted molar refractivity (Wildman–Crippen MR) is 79.9 cm³/mol. The van der Waals surface area contributed by atoms with Crippen molar-refractivity contribution in [3.05, 3.63) is 28.1 Å². The first kappa shape index (κ1) is 14.5. The van der Waals surface area contributed by atoms with Gasteiger partial charge in [-0.2, -0.15) is 0 Å². The van der Waals surface area contributed by atoms with E-state index in [1.165, 1.54) is 0 Å². The Balaban J connectivity index is 2.21. The monoisotopic (exact) mass is 289 g/mol. The molecular weight excluding hydrogens is 266 g/mol. The van der Waals surface area contributed by atoms with Crippen LogP contribution in [0.5, 0.6) is 0 Å². The molecular formula is C16H23N3O2. The summed E-state index contributed by atoms with van der Waals surface area (Å²) in [5, 5.41) is 0. The number of carbonyl (C=O) groups excluding carboxylic acids is 1. The van der Waals surface area contributed by atoms with Crippen molar-refractivity contribution in [2.75, 3.05) is 6.61 Å². The molecule has 0 aromatic carbocycles. The van der Waals surface area contributed by atoms with Crippen LogP contribution in [0.15, 0.2) is 0 Å². The van der Waals surface area contributed by atoms with Crippen molar-refractivity contribution in [1.29, 1.82) is 0 Å². The molecule has 0 spiro atoms. The number of ether oxygens (including phenoxy) is 1. The summed E-state index contributed by atoms with van der Waals surface area (Å²) in [5.41, 5.74) is 16.9. The SMILES string of the molecule is CCOC(=O)c1c2c(nc3c1CCCC3N)C(N)CCC2. The van der Waals surface area contributed by atoms with Crippen LogP contribution in [-0.4, -0.2) is 17.6 Å². The second-order valence-corrected chi connectivity index (χ2v) is 5.93. The Labute approximate surface area is 125 Å². The summed E-state index contributed by atoms with van der Waals surface area (Å²) in [5.74, 6) is -0.240. The molecule has 0 aliphatic heterocycles. The summed E-state index contributed by atoms with van der Waals surface area (Å²) in [7, 11) is 0. The Hall–Kier alpha value is -1.46. The third kappa shape index (κ3) is 2.45. The minimum atomic E-state index is -0.240. The summed E-state index contributed by atoms with van der Waals surface area (Å²) < 4.78 is 5.28. The maximum Gasteiger partial charge on any atom is 0.338 e. The summed E-state index contributed by atoms with van der Waals surface area (Å²) in [4.78, 5) is 17.2. The van der Waals surface area contributed by atoms with Crippen LogP contribution in [0.3, 0.4) is 0 Å². The van der Waals surface area contributed by atoms with Gasteiger partial charge in [0.15, 0.2) is 0 Å². The lowest BCUT2D eigenvalue weighted by Crippen LogP contribution is -2.29. The van der Waals surface area contributed by atoms with Crippen molar-refractivity contribution in [1.82, 2.24) is 4.98 Å². The predicted octanol–water partition coefficient (Wildman–Crippen LogP) is 1.93. The van der Waals surface area contributed by atoms with E-state index in [1.54, 1.807) is 0 Å². The van der Waals surface area contributed by atoms with Gasteiger partial charge in [-0.1, -0.05) is 0 Å². The zero-order valence-electron chi connectivity index (χ0n) is 12.5. The molecule has 5 nitrogen and oxygen atoms in total. The minimum Gasteiger partial charge on any atom is -0.462 e. The molecule has 1 aromatic heterocycles. The van der Waals surface area contributed by atoms with E-state index in [0.717, 1.165) is 61.0 Å². The van der Waals surface area contributed by atoms with Crippen molar-refractivity contribution >= 4 is 5.97 Å². The van der Waals surface area contributed by atoms with Crippen LogP contribution in [0.1, 0.15) is 77.6 Å². The van der Waals surface area contributed by atoms with E-state index in [4.69, 9.17) is 21.2 Å². The smallest absolute Gasteiger partial charge is 0.338 e. The topological polar surface area (TPSA) is 91.2 Å². The van der Waals surface area contributed by atoms with Crippen molar-refractivity contribution in [2.24, 2.45) is 11.5 Å². The average molecular weight is 289 g/mol. The summed E-state index contributed by atoms with van der Waals surface area (Å²) in [6.45, 7) is 2.21. The van der Waals surface area contributed by atoms with Crippen molar-refractivity contribution in [3.8, 4) is 0 Å². The third-order valence-corrected chi connectivity index (χ3v) is 4.53. The van der Waals surface area contributed by atoms with Gasteiger partial charge in [-0.05, 0) is 56.6 Å². The second kappa shape index (κ2) is 5.73. The standard InChI is InChI=1S/C16H23N3O2/c1-2-21-16(20)13-9-5-3-7-11(17)14(9)19-15-10(13)6-4-8-12(15)18/h11-12H,2-8,17-18H2,1H3. The van der Waals surface area contributed by atoms with E-state index in [0.29, 0.717) is 12.2 Å². The second-order valence-electron chi connectivity index (χ2n) is 5.93. The zero-order chi connectivity index (χ0) is 15.0. The lowest BCUT2D eigenvalue weighted by Gasteiger charge is -2.30. The number of hydrogen-bond acceptors (Lipinski definition) is 5. The van der Waals surface area contributed by atoms with Gasteiger partial charge in [0.25, 0.3) is 0 Å². The Bertz CT molecular complexity index is 533. The number of esters is 1. The molecule has 0 saturated carbocycles. The van der Waals surface area contributed by atoms with E-state index in [9.17, 15) is 4.79 Å². The molecule has 2 aliphatic carbocycles. The lowest BCUT2D eigenvalue weighted by atomic mass is 9.81. The number of hydrogen-bond donors (Lipinski definition) is 2. The van der Waals surface area contributed by atoms with Crippen molar-refractivity contribution in [3.63, 3.8) is 0 Å². The van der Waals surface area contributed by atoms with Crippen LogP contribution < -0.4 is 11.5 Å². The Kier molecular flexibility index (Phi) is 3.95. The number of fused-ring (bicyclic) bond motifs is 2. The first-order chi connectivity index (χ1) is 10.1. The average Bonchev–Trinajstić information content (AvgIpc) is 2.46. The van der Waals surface area contributed by atoms with Gasteiger partial charge >= 0.3 is 5.97 Å². The number of nitrogens with zero attached hydrogens (tertiary/aromatic N) is 1. The fourth-order valence-electron chi connectivity index (χ4n) is 3.54. The molecule has 2 aliphatic rings. The van der Waals surface area contributed by atoms with Crippen LogP contribution in [-0.2, 0) is 17.6 Å². The fourth-order valence-corrected chi connectivity index (χ4v) is 3.54. The van der Waals surface area contributed by atoms with Gasteiger partial charge in [0, 0.05) is 12.1 Å². The molecule has 0 amide bonds. The van der Waals surface area contributed by atoms with Crippen molar-refractivity contribution < 1.29 is 9.53 Å². The van der Waals surface area contributed by atoms with E-state index in [2.05, 4.69) is 0 Å². The van der Waals surface area contributed by atoms with Crippen LogP contribution >= 0.6 is 0 Å². The van der Waals surface area contributed by atoms with E-state index in [-0.39, 0.29) is 18.1 Å². The molecule has 2 unspecified atom stereocenters. The first-order valence-corrected chi connectivity index (χ1v) is 7.87.